The number of carbonyl (C=O) groups is 1. The van der Waals surface area contributed by atoms with Crippen LogP contribution in [0.4, 0.5) is 0 Å². The highest BCUT2D eigenvalue weighted by molar-refractivity contribution is 9.10. The Hall–Kier alpha value is -1.16. The molecule has 2 rings (SSSR count). The fourth-order valence-corrected chi connectivity index (χ4v) is 1.98. The van der Waals surface area contributed by atoms with Crippen molar-refractivity contribution >= 4 is 33.1 Å². The minimum Gasteiger partial charge on any atom is -0.296 e. The molecule has 0 aliphatic rings. The van der Waals surface area contributed by atoms with Crippen LogP contribution in [0.3, 0.4) is 0 Å². The molecule has 0 spiro atoms. The molecule has 2 aromatic rings. The van der Waals surface area contributed by atoms with Crippen molar-refractivity contribution in [2.24, 2.45) is 0 Å². The zero-order chi connectivity index (χ0) is 9.42. The Kier molecular flexibility index (Phi) is 1.92. The maximum absolute atomic E-state index is 10.6. The van der Waals surface area contributed by atoms with Gasteiger partial charge in [0.1, 0.15) is 11.2 Å². The number of fused-ring (bicyclic) bond motifs is 1. The zero-order valence-corrected chi connectivity index (χ0v) is 8.55. The highest BCUT2D eigenvalue weighted by Crippen LogP contribution is 2.25. The van der Waals surface area contributed by atoms with Gasteiger partial charge in [0.2, 0.25) is 0 Å². The van der Waals surface area contributed by atoms with Gasteiger partial charge in [-0.3, -0.25) is 9.89 Å². The van der Waals surface area contributed by atoms with Gasteiger partial charge in [0.05, 0.1) is 0 Å². The number of halogens is 1. The van der Waals surface area contributed by atoms with Crippen molar-refractivity contribution in [2.45, 2.75) is 6.92 Å². The van der Waals surface area contributed by atoms with E-state index in [4.69, 9.17) is 0 Å². The van der Waals surface area contributed by atoms with Gasteiger partial charge in [0.25, 0.3) is 0 Å². The van der Waals surface area contributed by atoms with Gasteiger partial charge in [-0.25, -0.2) is 0 Å². The molecule has 66 valence electrons. The quantitative estimate of drug-likeness (QED) is 0.777. The number of hydrogen-bond donors (Lipinski definition) is 1. The molecule has 0 aliphatic heterocycles. The Bertz CT molecular complexity index is 476. The molecular weight excluding hydrogens is 232 g/mol. The SMILES string of the molecule is Cc1cc(Br)c2n[nH]c(C=O)c2c1. The van der Waals surface area contributed by atoms with Crippen LogP contribution in [0, 0.1) is 6.92 Å². The molecule has 13 heavy (non-hydrogen) atoms. The van der Waals surface area contributed by atoms with Crippen molar-refractivity contribution in [1.29, 1.82) is 0 Å². The third-order valence-electron chi connectivity index (χ3n) is 1.90. The summed E-state index contributed by atoms with van der Waals surface area (Å²) >= 11 is 3.39. The maximum atomic E-state index is 10.6. The lowest BCUT2D eigenvalue weighted by atomic mass is 10.1. The number of aryl methyl sites for hydroxylation is 1. The number of hydrogen-bond acceptors (Lipinski definition) is 2. The molecule has 0 saturated carbocycles. The van der Waals surface area contributed by atoms with Gasteiger partial charge in [-0.15, -0.1) is 0 Å². The van der Waals surface area contributed by atoms with Crippen LogP contribution < -0.4 is 0 Å². The first-order valence-electron chi connectivity index (χ1n) is 3.82. The molecule has 0 fully saturated rings. The average molecular weight is 239 g/mol. The normalized spacial score (nSPS) is 10.6. The molecule has 4 heteroatoms. The van der Waals surface area contributed by atoms with Crippen LogP contribution in [0.5, 0.6) is 0 Å². The molecule has 0 amide bonds. The molecule has 0 radical (unpaired) electrons. The fourth-order valence-electron chi connectivity index (χ4n) is 1.32. The zero-order valence-electron chi connectivity index (χ0n) is 6.97. The van der Waals surface area contributed by atoms with E-state index < -0.39 is 0 Å². The third-order valence-corrected chi connectivity index (χ3v) is 2.51. The lowest BCUT2D eigenvalue weighted by molar-refractivity contribution is 0.112. The molecule has 0 saturated heterocycles. The van der Waals surface area contributed by atoms with Gasteiger partial charge in [-0.2, -0.15) is 5.10 Å². The molecule has 1 aromatic heterocycles. The van der Waals surface area contributed by atoms with Crippen LogP contribution in [-0.2, 0) is 0 Å². The second kappa shape index (κ2) is 2.96. The summed E-state index contributed by atoms with van der Waals surface area (Å²) in [4.78, 5) is 10.6. The third kappa shape index (κ3) is 1.27. The number of nitrogens with zero attached hydrogens (tertiary/aromatic N) is 1. The monoisotopic (exact) mass is 238 g/mol. The second-order valence-electron chi connectivity index (χ2n) is 2.90. The van der Waals surface area contributed by atoms with Gasteiger partial charge < -0.3 is 0 Å². The Morgan fingerprint density at radius 2 is 2.31 bits per heavy atom. The molecule has 0 aliphatic carbocycles. The lowest BCUT2D eigenvalue weighted by Crippen LogP contribution is -1.80. The van der Waals surface area contributed by atoms with Crippen molar-refractivity contribution in [3.05, 3.63) is 27.9 Å². The molecule has 0 bridgehead atoms. The summed E-state index contributed by atoms with van der Waals surface area (Å²) in [5.74, 6) is 0. The molecule has 1 aromatic carbocycles. The first-order chi connectivity index (χ1) is 6.22. The van der Waals surface area contributed by atoms with Crippen LogP contribution in [0.2, 0.25) is 0 Å². The molecule has 1 N–H and O–H groups in total. The largest absolute Gasteiger partial charge is 0.296 e. The van der Waals surface area contributed by atoms with Gasteiger partial charge in [0.15, 0.2) is 6.29 Å². The number of aromatic nitrogens is 2. The van der Waals surface area contributed by atoms with Crippen LogP contribution in [0.25, 0.3) is 10.9 Å². The van der Waals surface area contributed by atoms with Gasteiger partial charge in [-0.1, -0.05) is 0 Å². The summed E-state index contributed by atoms with van der Waals surface area (Å²) in [6.45, 7) is 1.98. The number of aromatic amines is 1. The number of rotatable bonds is 1. The van der Waals surface area contributed by atoms with Crippen LogP contribution in [0.1, 0.15) is 16.1 Å². The van der Waals surface area contributed by atoms with Crippen LogP contribution in [-0.4, -0.2) is 16.5 Å². The summed E-state index contributed by atoms with van der Waals surface area (Å²) in [6, 6.07) is 3.91. The second-order valence-corrected chi connectivity index (χ2v) is 3.75. The summed E-state index contributed by atoms with van der Waals surface area (Å²) in [5.41, 5.74) is 2.43. The topological polar surface area (TPSA) is 45.8 Å². The predicted molar refractivity (Wildman–Crippen MR) is 53.9 cm³/mol. The molecule has 0 unspecified atom stereocenters. The highest BCUT2D eigenvalue weighted by Gasteiger charge is 2.07. The van der Waals surface area contributed by atoms with Crippen LogP contribution in [0.15, 0.2) is 16.6 Å². The number of H-pyrrole nitrogens is 1. The summed E-state index contributed by atoms with van der Waals surface area (Å²) in [7, 11) is 0. The van der Waals surface area contributed by atoms with E-state index in [0.29, 0.717) is 5.69 Å². The predicted octanol–water partition coefficient (Wildman–Crippen LogP) is 2.45. The first kappa shape index (κ1) is 8.44. The molecule has 0 atom stereocenters. The number of aldehydes is 1. The molecule has 3 nitrogen and oxygen atoms in total. The van der Waals surface area contributed by atoms with E-state index >= 15 is 0 Å². The van der Waals surface area contributed by atoms with Crippen molar-refractivity contribution in [2.75, 3.05) is 0 Å². The average Bonchev–Trinajstić information content (AvgIpc) is 2.47. The minimum atomic E-state index is 0.527. The maximum Gasteiger partial charge on any atom is 0.168 e. The highest BCUT2D eigenvalue weighted by atomic mass is 79.9. The van der Waals surface area contributed by atoms with Gasteiger partial charge in [0, 0.05) is 9.86 Å². The fraction of sp³-hybridized carbons (Fsp3) is 0.111. The van der Waals surface area contributed by atoms with E-state index in [1.54, 1.807) is 0 Å². The van der Waals surface area contributed by atoms with Crippen molar-refractivity contribution in [1.82, 2.24) is 10.2 Å². The van der Waals surface area contributed by atoms with Crippen molar-refractivity contribution in [3.63, 3.8) is 0 Å². The summed E-state index contributed by atoms with van der Waals surface area (Å²) in [6.07, 6.45) is 0.779. The Balaban J connectivity index is 2.89. The van der Waals surface area contributed by atoms with E-state index in [9.17, 15) is 4.79 Å². The summed E-state index contributed by atoms with van der Waals surface area (Å²) in [5, 5.41) is 7.57. The smallest absolute Gasteiger partial charge is 0.168 e. The summed E-state index contributed by atoms with van der Waals surface area (Å²) < 4.78 is 0.909. The van der Waals surface area contributed by atoms with E-state index in [1.807, 2.05) is 19.1 Å². The minimum absolute atomic E-state index is 0.527. The lowest BCUT2D eigenvalue weighted by Gasteiger charge is -1.95. The van der Waals surface area contributed by atoms with E-state index in [1.165, 1.54) is 0 Å². The first-order valence-corrected chi connectivity index (χ1v) is 4.61. The van der Waals surface area contributed by atoms with Crippen molar-refractivity contribution in [3.8, 4) is 0 Å². The molecular formula is C9H7BrN2O. The Morgan fingerprint density at radius 1 is 1.54 bits per heavy atom. The van der Waals surface area contributed by atoms with E-state index in [2.05, 4.69) is 26.1 Å². The number of nitrogens with one attached hydrogen (secondary N) is 1. The Labute approximate surface area is 83.3 Å². The van der Waals surface area contributed by atoms with Crippen molar-refractivity contribution < 1.29 is 4.79 Å². The number of benzene rings is 1. The van der Waals surface area contributed by atoms with Gasteiger partial charge in [-0.05, 0) is 40.5 Å². The van der Waals surface area contributed by atoms with Crippen LogP contribution >= 0.6 is 15.9 Å². The van der Waals surface area contributed by atoms with E-state index in [-0.39, 0.29) is 0 Å². The van der Waals surface area contributed by atoms with Gasteiger partial charge >= 0.3 is 0 Å². The molecule has 1 heterocycles. The number of carbonyl (C=O) groups excluding carboxylic acids is 1. The Morgan fingerprint density at radius 3 is 3.00 bits per heavy atom. The van der Waals surface area contributed by atoms with E-state index in [0.717, 1.165) is 27.2 Å². The standard InChI is InChI=1S/C9H7BrN2O/c1-5-2-6-8(4-13)11-12-9(6)7(10)3-5/h2-4H,1H3,(H,11,12).